The molecular weight excluding hydrogens is 279 g/mol. The third kappa shape index (κ3) is 3.02. The third-order valence-corrected chi connectivity index (χ3v) is 3.14. The predicted molar refractivity (Wildman–Crippen MR) is 74.3 cm³/mol. The molecule has 0 N–H and O–H groups in total. The van der Waals surface area contributed by atoms with Gasteiger partial charge in [0.15, 0.2) is 0 Å². The maximum Gasteiger partial charge on any atom is 0.573 e. The Labute approximate surface area is 119 Å². The Bertz CT molecular complexity index is 790. The molecular formula is C16H12F3NO. The van der Waals surface area contributed by atoms with E-state index in [1.807, 2.05) is 41.9 Å². The van der Waals surface area contributed by atoms with E-state index in [9.17, 15) is 13.2 Å². The van der Waals surface area contributed by atoms with E-state index in [4.69, 9.17) is 0 Å². The molecule has 2 heterocycles. The normalized spacial score (nSPS) is 11.8. The first-order valence-corrected chi connectivity index (χ1v) is 6.35. The number of hydrogen-bond donors (Lipinski definition) is 0. The van der Waals surface area contributed by atoms with Crippen molar-refractivity contribution in [3.8, 4) is 16.9 Å². The Morgan fingerprint density at radius 2 is 1.76 bits per heavy atom. The van der Waals surface area contributed by atoms with Gasteiger partial charge < -0.3 is 9.14 Å². The molecule has 0 aliphatic heterocycles. The number of halogens is 3. The van der Waals surface area contributed by atoms with E-state index in [0.717, 1.165) is 16.6 Å². The van der Waals surface area contributed by atoms with Crippen LogP contribution >= 0.6 is 0 Å². The number of hydrogen-bond acceptors (Lipinski definition) is 1. The maximum atomic E-state index is 12.3. The molecule has 0 unspecified atom stereocenters. The lowest BCUT2D eigenvalue weighted by molar-refractivity contribution is -0.274. The summed E-state index contributed by atoms with van der Waals surface area (Å²) in [5, 5.41) is 0. The molecule has 0 saturated heterocycles. The molecule has 0 saturated carbocycles. The molecule has 3 rings (SSSR count). The molecule has 0 aliphatic carbocycles. The van der Waals surface area contributed by atoms with E-state index in [2.05, 4.69) is 4.74 Å². The van der Waals surface area contributed by atoms with Gasteiger partial charge in [0.1, 0.15) is 5.75 Å². The first-order chi connectivity index (χ1) is 9.90. The number of aromatic nitrogens is 1. The largest absolute Gasteiger partial charge is 0.573 e. The fourth-order valence-electron chi connectivity index (χ4n) is 2.25. The zero-order valence-corrected chi connectivity index (χ0v) is 11.2. The monoisotopic (exact) mass is 291 g/mol. The quantitative estimate of drug-likeness (QED) is 0.660. The van der Waals surface area contributed by atoms with E-state index >= 15 is 0 Å². The molecule has 0 fully saturated rings. The summed E-state index contributed by atoms with van der Waals surface area (Å²) in [7, 11) is 0. The highest BCUT2D eigenvalue weighted by Crippen LogP contribution is 2.29. The van der Waals surface area contributed by atoms with E-state index in [1.54, 1.807) is 12.1 Å². The lowest BCUT2D eigenvalue weighted by atomic mass is 10.1. The molecule has 0 aliphatic rings. The minimum absolute atomic E-state index is 0.216. The van der Waals surface area contributed by atoms with Gasteiger partial charge in [0.25, 0.3) is 0 Å². The molecule has 0 amide bonds. The number of aryl methyl sites for hydroxylation is 1. The zero-order chi connectivity index (χ0) is 15.0. The van der Waals surface area contributed by atoms with Crippen molar-refractivity contribution >= 4 is 5.52 Å². The molecule has 1 aromatic carbocycles. The average Bonchev–Trinajstić information content (AvgIpc) is 2.80. The number of ether oxygens (including phenoxy) is 1. The SMILES string of the molecule is Cc1ccc2cc(-c3cccc(OC(F)(F)F)c3)cn2c1. The van der Waals surface area contributed by atoms with E-state index in [0.29, 0.717) is 5.56 Å². The molecule has 5 heteroatoms. The van der Waals surface area contributed by atoms with Crippen LogP contribution in [0.3, 0.4) is 0 Å². The molecule has 0 radical (unpaired) electrons. The van der Waals surface area contributed by atoms with Gasteiger partial charge in [-0.25, -0.2) is 0 Å². The van der Waals surface area contributed by atoms with Crippen LogP contribution in [0, 0.1) is 6.92 Å². The minimum Gasteiger partial charge on any atom is -0.406 e. The topological polar surface area (TPSA) is 13.6 Å². The van der Waals surface area contributed by atoms with E-state index in [-0.39, 0.29) is 5.75 Å². The average molecular weight is 291 g/mol. The Hall–Kier alpha value is -2.43. The van der Waals surface area contributed by atoms with Crippen molar-refractivity contribution in [1.29, 1.82) is 0 Å². The highest BCUT2D eigenvalue weighted by molar-refractivity contribution is 5.71. The van der Waals surface area contributed by atoms with Crippen molar-refractivity contribution in [2.45, 2.75) is 13.3 Å². The van der Waals surface area contributed by atoms with Gasteiger partial charge in [0.05, 0.1) is 0 Å². The summed E-state index contributed by atoms with van der Waals surface area (Å²) in [6.45, 7) is 1.98. The molecule has 0 spiro atoms. The van der Waals surface area contributed by atoms with Crippen molar-refractivity contribution in [2.24, 2.45) is 0 Å². The fourth-order valence-corrected chi connectivity index (χ4v) is 2.25. The van der Waals surface area contributed by atoms with Crippen LogP contribution in [-0.4, -0.2) is 10.8 Å². The second-order valence-electron chi connectivity index (χ2n) is 4.84. The van der Waals surface area contributed by atoms with E-state index in [1.165, 1.54) is 12.1 Å². The highest BCUT2D eigenvalue weighted by Gasteiger charge is 2.31. The number of benzene rings is 1. The Morgan fingerprint density at radius 1 is 0.952 bits per heavy atom. The van der Waals surface area contributed by atoms with Crippen molar-refractivity contribution in [3.05, 3.63) is 60.4 Å². The van der Waals surface area contributed by atoms with Crippen LogP contribution in [0.25, 0.3) is 16.6 Å². The summed E-state index contributed by atoms with van der Waals surface area (Å²) in [4.78, 5) is 0. The van der Waals surface area contributed by atoms with Gasteiger partial charge in [0.2, 0.25) is 0 Å². The number of fused-ring (bicyclic) bond motifs is 1. The summed E-state index contributed by atoms with van der Waals surface area (Å²) in [6, 6.07) is 11.9. The molecule has 0 bridgehead atoms. The van der Waals surface area contributed by atoms with Crippen molar-refractivity contribution in [2.75, 3.05) is 0 Å². The molecule has 2 aromatic heterocycles. The Morgan fingerprint density at radius 3 is 2.52 bits per heavy atom. The summed E-state index contributed by atoms with van der Waals surface area (Å²) < 4.78 is 42.7. The van der Waals surface area contributed by atoms with Crippen LogP contribution in [0.1, 0.15) is 5.56 Å². The van der Waals surface area contributed by atoms with Gasteiger partial charge >= 0.3 is 6.36 Å². The molecule has 2 nitrogen and oxygen atoms in total. The maximum absolute atomic E-state index is 12.3. The van der Waals surface area contributed by atoms with Gasteiger partial charge in [-0.05, 0) is 42.3 Å². The molecule has 21 heavy (non-hydrogen) atoms. The Kier molecular flexibility index (Phi) is 3.12. The van der Waals surface area contributed by atoms with Crippen molar-refractivity contribution < 1.29 is 17.9 Å². The van der Waals surface area contributed by atoms with Gasteiger partial charge in [-0.3, -0.25) is 0 Å². The van der Waals surface area contributed by atoms with Crippen LogP contribution < -0.4 is 4.74 Å². The van der Waals surface area contributed by atoms with Crippen LogP contribution in [-0.2, 0) is 0 Å². The van der Waals surface area contributed by atoms with Gasteiger partial charge in [-0.2, -0.15) is 0 Å². The summed E-state index contributed by atoms with van der Waals surface area (Å²) in [5.74, 6) is -0.216. The van der Waals surface area contributed by atoms with Crippen LogP contribution in [0.5, 0.6) is 5.75 Å². The Balaban J connectivity index is 2.00. The highest BCUT2D eigenvalue weighted by atomic mass is 19.4. The standard InChI is InChI=1S/C16H12F3NO/c1-11-5-6-14-7-13(10-20(14)9-11)12-3-2-4-15(8-12)21-16(17,18)19/h2-10H,1H3. The first kappa shape index (κ1) is 13.5. The summed E-state index contributed by atoms with van der Waals surface area (Å²) in [5.41, 5.74) is 3.61. The second-order valence-corrected chi connectivity index (χ2v) is 4.84. The second kappa shape index (κ2) is 4.84. The van der Waals surface area contributed by atoms with Crippen molar-refractivity contribution in [3.63, 3.8) is 0 Å². The smallest absolute Gasteiger partial charge is 0.406 e. The fraction of sp³-hybridized carbons (Fsp3) is 0.125. The number of rotatable bonds is 2. The summed E-state index contributed by atoms with van der Waals surface area (Å²) >= 11 is 0. The van der Waals surface area contributed by atoms with Crippen LogP contribution in [0.15, 0.2) is 54.9 Å². The van der Waals surface area contributed by atoms with Gasteiger partial charge in [-0.1, -0.05) is 18.2 Å². The number of alkyl halides is 3. The van der Waals surface area contributed by atoms with Gasteiger partial charge in [-0.15, -0.1) is 13.2 Å². The van der Waals surface area contributed by atoms with Crippen LogP contribution in [0.2, 0.25) is 0 Å². The third-order valence-electron chi connectivity index (χ3n) is 3.14. The predicted octanol–water partition coefficient (Wildman–Crippen LogP) is 4.81. The lowest BCUT2D eigenvalue weighted by Crippen LogP contribution is -2.17. The minimum atomic E-state index is -4.68. The van der Waals surface area contributed by atoms with Crippen LogP contribution in [0.4, 0.5) is 13.2 Å². The van der Waals surface area contributed by atoms with Gasteiger partial charge in [0, 0.05) is 23.5 Å². The van der Waals surface area contributed by atoms with E-state index < -0.39 is 6.36 Å². The molecule has 3 aromatic rings. The molecule has 0 atom stereocenters. The zero-order valence-electron chi connectivity index (χ0n) is 11.2. The van der Waals surface area contributed by atoms with Crippen molar-refractivity contribution in [1.82, 2.24) is 4.40 Å². The first-order valence-electron chi connectivity index (χ1n) is 6.35. The summed E-state index contributed by atoms with van der Waals surface area (Å²) in [6.07, 6.45) is -0.828. The lowest BCUT2D eigenvalue weighted by Gasteiger charge is -2.09. The molecule has 108 valence electrons. The number of pyridine rings is 1. The number of nitrogens with zero attached hydrogens (tertiary/aromatic N) is 1.